The van der Waals surface area contributed by atoms with Gasteiger partial charge in [-0.05, 0) is 23.8 Å². The summed E-state index contributed by atoms with van der Waals surface area (Å²) in [6.45, 7) is 0.191. The predicted octanol–water partition coefficient (Wildman–Crippen LogP) is 1.45. The van der Waals surface area contributed by atoms with Gasteiger partial charge in [-0.15, -0.1) is 0 Å². The van der Waals surface area contributed by atoms with E-state index in [4.69, 9.17) is 9.88 Å². The summed E-state index contributed by atoms with van der Waals surface area (Å²) in [5.74, 6) is 0.398. The van der Waals surface area contributed by atoms with E-state index in [2.05, 4.69) is 16.0 Å². The molecule has 0 fully saturated rings. The summed E-state index contributed by atoms with van der Waals surface area (Å²) in [5, 5.41) is 15.1. The Labute approximate surface area is 165 Å². The third kappa shape index (κ3) is 3.22. The van der Waals surface area contributed by atoms with Crippen LogP contribution in [0.2, 0.25) is 0 Å². The number of fused-ring (bicyclic) bond motifs is 3. The van der Waals surface area contributed by atoms with Gasteiger partial charge in [0.25, 0.3) is 0 Å². The van der Waals surface area contributed by atoms with E-state index in [1.54, 1.807) is 30.5 Å². The molecular weight excluding hydrogens is 394 g/mol. The van der Waals surface area contributed by atoms with Crippen LogP contribution in [0.3, 0.4) is 0 Å². The second-order valence-corrected chi connectivity index (χ2v) is 7.97. The Morgan fingerprint density at radius 1 is 1.28 bits per heavy atom. The molecule has 0 amide bonds. The number of rotatable bonds is 4. The monoisotopic (exact) mass is 409 g/mol. The molecule has 0 aliphatic rings. The number of hydrogen-bond acceptors (Lipinski definition) is 6. The summed E-state index contributed by atoms with van der Waals surface area (Å²) in [6, 6.07) is 11.3. The van der Waals surface area contributed by atoms with E-state index in [0.29, 0.717) is 38.8 Å². The van der Waals surface area contributed by atoms with E-state index >= 15 is 0 Å². The first-order chi connectivity index (χ1) is 13.8. The maximum atomic E-state index is 12.6. The molecule has 9 nitrogen and oxygen atoms in total. The van der Waals surface area contributed by atoms with Crippen molar-refractivity contribution >= 4 is 32.0 Å². The van der Waals surface area contributed by atoms with Crippen molar-refractivity contribution in [2.45, 2.75) is 11.4 Å². The molecule has 4 rings (SSSR count). The van der Waals surface area contributed by atoms with Crippen molar-refractivity contribution in [3.05, 3.63) is 64.2 Å². The van der Waals surface area contributed by atoms with Crippen LogP contribution in [-0.2, 0) is 16.6 Å². The molecule has 2 heterocycles. The highest BCUT2D eigenvalue weighted by atomic mass is 32.2. The van der Waals surface area contributed by atoms with Crippen LogP contribution < -0.4 is 15.6 Å². The highest BCUT2D eigenvalue weighted by molar-refractivity contribution is 7.89. The lowest BCUT2D eigenvalue weighted by Gasteiger charge is -2.09. The topological polar surface area (TPSA) is 144 Å². The molecule has 0 spiro atoms. The van der Waals surface area contributed by atoms with E-state index in [1.807, 2.05) is 0 Å². The van der Waals surface area contributed by atoms with Crippen molar-refractivity contribution in [1.82, 2.24) is 14.5 Å². The van der Waals surface area contributed by atoms with Gasteiger partial charge in [-0.1, -0.05) is 12.1 Å². The van der Waals surface area contributed by atoms with E-state index in [0.717, 1.165) is 0 Å². The lowest BCUT2D eigenvalue weighted by Crippen LogP contribution is -2.17. The number of aromatic nitrogens is 3. The average Bonchev–Trinajstić information content (AvgIpc) is 3.02. The second-order valence-electron chi connectivity index (χ2n) is 6.41. The van der Waals surface area contributed by atoms with Crippen LogP contribution in [0.15, 0.2) is 52.3 Å². The molecule has 0 saturated carbocycles. The molecule has 4 aromatic rings. The number of ether oxygens (including phenoxy) is 1. The SMILES string of the molecule is COc1cc2ncc3[nH]c(=O)n(Cc4ccc(S(N)(=O)=O)cc4)c3c2cc1C#N. The van der Waals surface area contributed by atoms with Gasteiger partial charge in [-0.25, -0.2) is 18.4 Å². The van der Waals surface area contributed by atoms with Crippen LogP contribution in [-0.4, -0.2) is 30.1 Å². The van der Waals surface area contributed by atoms with Gasteiger partial charge in [0.2, 0.25) is 10.0 Å². The number of sulfonamides is 1. The third-order valence-electron chi connectivity index (χ3n) is 4.63. The number of nitrogens with zero attached hydrogens (tertiary/aromatic N) is 3. The van der Waals surface area contributed by atoms with Crippen molar-refractivity contribution in [2.75, 3.05) is 7.11 Å². The van der Waals surface area contributed by atoms with Crippen molar-refractivity contribution in [1.29, 1.82) is 5.26 Å². The zero-order valence-corrected chi connectivity index (χ0v) is 16.0. The summed E-state index contributed by atoms with van der Waals surface area (Å²) in [7, 11) is -2.32. The normalized spacial score (nSPS) is 11.6. The number of methoxy groups -OCH3 is 1. The molecule has 3 N–H and O–H groups in total. The number of nitrogens with one attached hydrogen (secondary N) is 1. The molecule has 0 unspecified atom stereocenters. The Balaban J connectivity index is 1.90. The zero-order chi connectivity index (χ0) is 20.8. The number of imidazole rings is 1. The molecule has 2 aromatic heterocycles. The van der Waals surface area contributed by atoms with Gasteiger partial charge < -0.3 is 9.72 Å². The van der Waals surface area contributed by atoms with Gasteiger partial charge in [0, 0.05) is 11.5 Å². The Bertz CT molecular complexity index is 1460. The maximum Gasteiger partial charge on any atom is 0.326 e. The van der Waals surface area contributed by atoms with Crippen molar-refractivity contribution in [3.63, 3.8) is 0 Å². The van der Waals surface area contributed by atoms with Crippen LogP contribution in [0, 0.1) is 11.3 Å². The average molecular weight is 409 g/mol. The van der Waals surface area contributed by atoms with Crippen LogP contribution in [0.1, 0.15) is 11.1 Å². The molecule has 0 saturated heterocycles. The number of benzene rings is 2. The Morgan fingerprint density at radius 2 is 2.00 bits per heavy atom. The number of pyridine rings is 1. The van der Waals surface area contributed by atoms with E-state index < -0.39 is 10.0 Å². The van der Waals surface area contributed by atoms with Crippen molar-refractivity contribution in [3.8, 4) is 11.8 Å². The number of nitrogens with two attached hydrogens (primary N) is 1. The first-order valence-electron chi connectivity index (χ1n) is 8.43. The number of hydrogen-bond donors (Lipinski definition) is 2. The van der Waals surface area contributed by atoms with E-state index in [-0.39, 0.29) is 17.1 Å². The Hall–Kier alpha value is -3.68. The number of aromatic amines is 1. The number of H-pyrrole nitrogens is 1. The highest BCUT2D eigenvalue weighted by Gasteiger charge is 2.15. The quantitative estimate of drug-likeness (QED) is 0.522. The van der Waals surface area contributed by atoms with Gasteiger partial charge >= 0.3 is 5.69 Å². The summed E-state index contributed by atoms with van der Waals surface area (Å²) in [4.78, 5) is 19.7. The van der Waals surface area contributed by atoms with Crippen LogP contribution in [0.4, 0.5) is 0 Å². The minimum absolute atomic E-state index is 0.00655. The van der Waals surface area contributed by atoms with Gasteiger partial charge in [0.15, 0.2) is 0 Å². The van der Waals surface area contributed by atoms with E-state index in [9.17, 15) is 18.5 Å². The molecule has 0 atom stereocenters. The molecule has 29 heavy (non-hydrogen) atoms. The third-order valence-corrected chi connectivity index (χ3v) is 5.56. The Morgan fingerprint density at radius 3 is 2.62 bits per heavy atom. The molecule has 0 aliphatic heterocycles. The summed E-state index contributed by atoms with van der Waals surface area (Å²) >= 11 is 0. The highest BCUT2D eigenvalue weighted by Crippen LogP contribution is 2.29. The van der Waals surface area contributed by atoms with Crippen LogP contribution >= 0.6 is 0 Å². The van der Waals surface area contributed by atoms with E-state index in [1.165, 1.54) is 23.8 Å². The van der Waals surface area contributed by atoms with Gasteiger partial charge in [-0.3, -0.25) is 9.55 Å². The fourth-order valence-electron chi connectivity index (χ4n) is 3.25. The first-order valence-corrected chi connectivity index (χ1v) is 9.97. The molecule has 0 bridgehead atoms. The lowest BCUT2D eigenvalue weighted by molar-refractivity contribution is 0.414. The number of primary sulfonamides is 1. The standard InChI is InChI=1S/C19H15N5O4S/c1-28-17-7-15-14(6-12(17)8-20)18-16(9-22-15)23-19(25)24(18)10-11-2-4-13(5-3-11)29(21,26)27/h2-7,9H,10H2,1H3,(H,23,25)(H2,21,26,27). The molecule has 10 heteroatoms. The van der Waals surface area contributed by atoms with Crippen molar-refractivity contribution < 1.29 is 13.2 Å². The molecule has 0 aliphatic carbocycles. The number of nitriles is 1. The first kappa shape index (κ1) is 18.7. The molecule has 146 valence electrons. The summed E-state index contributed by atoms with van der Waals surface area (Å²) in [6.07, 6.45) is 1.55. The fourth-order valence-corrected chi connectivity index (χ4v) is 3.76. The summed E-state index contributed by atoms with van der Waals surface area (Å²) in [5.41, 5.74) is 2.38. The van der Waals surface area contributed by atoms with Gasteiger partial charge in [0.05, 0.1) is 46.9 Å². The summed E-state index contributed by atoms with van der Waals surface area (Å²) < 4.78 is 29.6. The van der Waals surface area contributed by atoms with Gasteiger partial charge in [0.1, 0.15) is 11.8 Å². The fraction of sp³-hybridized carbons (Fsp3) is 0.105. The minimum atomic E-state index is -3.79. The lowest BCUT2D eigenvalue weighted by atomic mass is 10.1. The van der Waals surface area contributed by atoms with Gasteiger partial charge in [-0.2, -0.15) is 5.26 Å². The smallest absolute Gasteiger partial charge is 0.326 e. The maximum absolute atomic E-state index is 12.6. The van der Waals surface area contributed by atoms with Crippen LogP contribution in [0.5, 0.6) is 5.75 Å². The largest absolute Gasteiger partial charge is 0.495 e. The Kier molecular flexibility index (Phi) is 4.34. The second kappa shape index (κ2) is 6.73. The van der Waals surface area contributed by atoms with Crippen LogP contribution in [0.25, 0.3) is 21.9 Å². The minimum Gasteiger partial charge on any atom is -0.495 e. The molecule has 2 aromatic carbocycles. The zero-order valence-electron chi connectivity index (χ0n) is 15.2. The molecule has 0 radical (unpaired) electrons. The van der Waals surface area contributed by atoms with Crippen molar-refractivity contribution in [2.24, 2.45) is 5.14 Å². The molecular formula is C19H15N5O4S. The predicted molar refractivity (Wildman–Crippen MR) is 106 cm³/mol.